The molecule has 0 aromatic heterocycles. The number of allylic oxidation sites excluding steroid dienone is 1. The van der Waals surface area contributed by atoms with Gasteiger partial charge in [0.15, 0.2) is 0 Å². The highest BCUT2D eigenvalue weighted by Crippen LogP contribution is 2.11. The van der Waals surface area contributed by atoms with E-state index in [1.165, 1.54) is 6.08 Å². The molecule has 1 aromatic carbocycles. The second-order valence-corrected chi connectivity index (χ2v) is 2.60. The zero-order valence-electron chi connectivity index (χ0n) is 6.95. The van der Waals surface area contributed by atoms with Crippen molar-refractivity contribution in [2.24, 2.45) is 5.73 Å². The lowest BCUT2D eigenvalue weighted by Gasteiger charge is -1.98. The fraction of sp³-hybridized carbons (Fsp3) is 0.100. The SMILES string of the molecule is CC(=CC(N)=O)c1ccccc1. The summed E-state index contributed by atoms with van der Waals surface area (Å²) in [6, 6.07) is 9.66. The first-order chi connectivity index (χ1) is 5.70. The molecule has 1 rings (SSSR count). The van der Waals surface area contributed by atoms with Crippen LogP contribution in [-0.2, 0) is 4.79 Å². The van der Waals surface area contributed by atoms with Gasteiger partial charge in [0.05, 0.1) is 0 Å². The standard InChI is InChI=1S/C10H11NO/c1-8(7-10(11)12)9-5-3-2-4-6-9/h2-7H,1H3,(H2,11,12). The average molecular weight is 161 g/mol. The number of primary amides is 1. The van der Waals surface area contributed by atoms with Gasteiger partial charge in [-0.05, 0) is 18.1 Å². The smallest absolute Gasteiger partial charge is 0.241 e. The average Bonchev–Trinajstić information content (AvgIpc) is 2.05. The Morgan fingerprint density at radius 1 is 1.33 bits per heavy atom. The summed E-state index contributed by atoms with van der Waals surface area (Å²) in [5, 5.41) is 0. The molecule has 0 spiro atoms. The number of rotatable bonds is 2. The van der Waals surface area contributed by atoms with E-state index in [0.717, 1.165) is 11.1 Å². The van der Waals surface area contributed by atoms with Gasteiger partial charge in [-0.3, -0.25) is 4.79 Å². The molecule has 1 aromatic rings. The van der Waals surface area contributed by atoms with Crippen LogP contribution in [0.4, 0.5) is 0 Å². The number of nitrogens with two attached hydrogens (primary N) is 1. The summed E-state index contributed by atoms with van der Waals surface area (Å²) in [6.07, 6.45) is 1.43. The van der Waals surface area contributed by atoms with Crippen molar-refractivity contribution in [1.29, 1.82) is 0 Å². The summed E-state index contributed by atoms with van der Waals surface area (Å²) in [5.74, 6) is -0.406. The van der Waals surface area contributed by atoms with Crippen LogP contribution in [-0.4, -0.2) is 5.91 Å². The Labute approximate surface area is 71.7 Å². The molecule has 0 saturated heterocycles. The molecule has 2 N–H and O–H groups in total. The molecule has 0 aliphatic heterocycles. The van der Waals surface area contributed by atoms with Crippen LogP contribution in [0.15, 0.2) is 36.4 Å². The van der Waals surface area contributed by atoms with Crippen molar-refractivity contribution in [3.63, 3.8) is 0 Å². The monoisotopic (exact) mass is 161 g/mol. The molecule has 2 heteroatoms. The molecule has 0 unspecified atom stereocenters. The van der Waals surface area contributed by atoms with Crippen molar-refractivity contribution in [2.75, 3.05) is 0 Å². The Balaban J connectivity index is 2.93. The van der Waals surface area contributed by atoms with Crippen LogP contribution in [0.1, 0.15) is 12.5 Å². The van der Waals surface area contributed by atoms with Crippen LogP contribution in [0.3, 0.4) is 0 Å². The molecule has 0 atom stereocenters. The number of amides is 1. The third-order valence-electron chi connectivity index (χ3n) is 1.59. The molecule has 0 aliphatic carbocycles. The van der Waals surface area contributed by atoms with Crippen LogP contribution in [0.5, 0.6) is 0 Å². The van der Waals surface area contributed by atoms with Crippen molar-refractivity contribution in [3.05, 3.63) is 42.0 Å². The number of carbonyl (C=O) groups is 1. The third kappa shape index (κ3) is 2.23. The van der Waals surface area contributed by atoms with Gasteiger partial charge >= 0.3 is 0 Å². The highest BCUT2D eigenvalue weighted by Gasteiger charge is 1.94. The van der Waals surface area contributed by atoms with E-state index in [0.29, 0.717) is 0 Å². The Morgan fingerprint density at radius 2 is 1.92 bits per heavy atom. The van der Waals surface area contributed by atoms with Gasteiger partial charge in [0.25, 0.3) is 0 Å². The first-order valence-corrected chi connectivity index (χ1v) is 3.73. The lowest BCUT2D eigenvalue weighted by Crippen LogP contribution is -2.06. The van der Waals surface area contributed by atoms with Crippen LogP contribution in [0.25, 0.3) is 5.57 Å². The second-order valence-electron chi connectivity index (χ2n) is 2.60. The van der Waals surface area contributed by atoms with Crippen molar-refractivity contribution in [3.8, 4) is 0 Å². The van der Waals surface area contributed by atoms with Crippen molar-refractivity contribution >= 4 is 11.5 Å². The van der Waals surface area contributed by atoms with Gasteiger partial charge < -0.3 is 5.73 Å². The van der Waals surface area contributed by atoms with Crippen molar-refractivity contribution < 1.29 is 4.79 Å². The van der Waals surface area contributed by atoms with E-state index >= 15 is 0 Å². The van der Waals surface area contributed by atoms with Gasteiger partial charge in [0, 0.05) is 6.08 Å². The minimum Gasteiger partial charge on any atom is -0.366 e. The van der Waals surface area contributed by atoms with Gasteiger partial charge in [-0.1, -0.05) is 30.3 Å². The minimum atomic E-state index is -0.406. The molecule has 0 radical (unpaired) electrons. The quantitative estimate of drug-likeness (QED) is 0.657. The predicted octanol–water partition coefficient (Wildman–Crippen LogP) is 1.58. The Bertz CT molecular complexity index is 301. The van der Waals surface area contributed by atoms with E-state index in [1.807, 2.05) is 37.3 Å². The summed E-state index contributed by atoms with van der Waals surface area (Å²) in [5.41, 5.74) is 6.93. The predicted molar refractivity (Wildman–Crippen MR) is 49.3 cm³/mol. The maximum atomic E-state index is 10.5. The molecule has 0 aliphatic rings. The number of hydrogen-bond donors (Lipinski definition) is 1. The van der Waals surface area contributed by atoms with Crippen LogP contribution >= 0.6 is 0 Å². The molecule has 0 heterocycles. The fourth-order valence-electron chi connectivity index (χ4n) is 0.998. The number of benzene rings is 1. The van der Waals surface area contributed by atoms with Crippen LogP contribution in [0, 0.1) is 0 Å². The third-order valence-corrected chi connectivity index (χ3v) is 1.59. The van der Waals surface area contributed by atoms with E-state index in [1.54, 1.807) is 0 Å². The van der Waals surface area contributed by atoms with Gasteiger partial charge in [-0.2, -0.15) is 0 Å². The highest BCUT2D eigenvalue weighted by atomic mass is 16.1. The highest BCUT2D eigenvalue weighted by molar-refractivity contribution is 5.93. The number of hydrogen-bond acceptors (Lipinski definition) is 1. The zero-order valence-corrected chi connectivity index (χ0v) is 6.95. The van der Waals surface area contributed by atoms with E-state index in [2.05, 4.69) is 0 Å². The Morgan fingerprint density at radius 3 is 2.42 bits per heavy atom. The molecule has 0 fully saturated rings. The molecule has 2 nitrogen and oxygen atoms in total. The molecule has 0 bridgehead atoms. The fourth-order valence-corrected chi connectivity index (χ4v) is 0.998. The molecule has 62 valence electrons. The van der Waals surface area contributed by atoms with E-state index in [-0.39, 0.29) is 0 Å². The normalized spacial score (nSPS) is 11.2. The van der Waals surface area contributed by atoms with E-state index in [4.69, 9.17) is 5.73 Å². The maximum Gasteiger partial charge on any atom is 0.241 e. The molecular weight excluding hydrogens is 150 g/mol. The number of carbonyl (C=O) groups excluding carboxylic acids is 1. The van der Waals surface area contributed by atoms with E-state index < -0.39 is 5.91 Å². The molecule has 1 amide bonds. The Kier molecular flexibility index (Phi) is 2.64. The second kappa shape index (κ2) is 3.72. The summed E-state index contributed by atoms with van der Waals surface area (Å²) in [6.45, 7) is 1.86. The first kappa shape index (κ1) is 8.53. The van der Waals surface area contributed by atoms with Gasteiger partial charge in [0.2, 0.25) is 5.91 Å². The summed E-state index contributed by atoms with van der Waals surface area (Å²) >= 11 is 0. The van der Waals surface area contributed by atoms with Crippen molar-refractivity contribution in [2.45, 2.75) is 6.92 Å². The van der Waals surface area contributed by atoms with Crippen LogP contribution < -0.4 is 5.73 Å². The molecule has 0 saturated carbocycles. The topological polar surface area (TPSA) is 43.1 Å². The van der Waals surface area contributed by atoms with Gasteiger partial charge in [0.1, 0.15) is 0 Å². The summed E-state index contributed by atoms with van der Waals surface area (Å²) in [7, 11) is 0. The first-order valence-electron chi connectivity index (χ1n) is 3.73. The minimum absolute atomic E-state index is 0.406. The molecular formula is C10H11NO. The van der Waals surface area contributed by atoms with Gasteiger partial charge in [-0.15, -0.1) is 0 Å². The summed E-state index contributed by atoms with van der Waals surface area (Å²) < 4.78 is 0. The van der Waals surface area contributed by atoms with E-state index in [9.17, 15) is 4.79 Å². The van der Waals surface area contributed by atoms with Gasteiger partial charge in [-0.25, -0.2) is 0 Å². The maximum absolute atomic E-state index is 10.5. The Hall–Kier alpha value is -1.57. The largest absolute Gasteiger partial charge is 0.366 e. The molecule has 12 heavy (non-hydrogen) atoms. The van der Waals surface area contributed by atoms with Crippen LogP contribution in [0.2, 0.25) is 0 Å². The summed E-state index contributed by atoms with van der Waals surface area (Å²) in [4.78, 5) is 10.5. The lowest BCUT2D eigenvalue weighted by molar-refractivity contribution is -0.113. The van der Waals surface area contributed by atoms with Crippen molar-refractivity contribution in [1.82, 2.24) is 0 Å². The lowest BCUT2D eigenvalue weighted by atomic mass is 10.1. The zero-order chi connectivity index (χ0) is 8.97.